The van der Waals surface area contributed by atoms with Crippen molar-refractivity contribution in [1.29, 1.82) is 0 Å². The summed E-state index contributed by atoms with van der Waals surface area (Å²) in [5.41, 5.74) is 4.52. The minimum absolute atomic E-state index is 0.132. The minimum Gasteiger partial charge on any atom is -0.473 e. The number of rotatable bonds is 12. The zero-order valence-corrected chi connectivity index (χ0v) is 20.1. The van der Waals surface area contributed by atoms with E-state index in [9.17, 15) is 9.90 Å². The molecule has 3 aromatic carbocycles. The molecule has 0 radical (unpaired) electrons. The van der Waals surface area contributed by atoms with Crippen molar-refractivity contribution in [2.75, 3.05) is 18.4 Å². The van der Waals surface area contributed by atoms with E-state index in [4.69, 9.17) is 4.74 Å². The summed E-state index contributed by atoms with van der Waals surface area (Å²) in [6, 6.07) is 32.8. The second-order valence-corrected chi connectivity index (χ2v) is 8.54. The van der Waals surface area contributed by atoms with Gasteiger partial charge in [-0.3, -0.25) is 4.79 Å². The molecule has 0 saturated heterocycles. The molecule has 0 saturated carbocycles. The van der Waals surface area contributed by atoms with Gasteiger partial charge in [0.05, 0.1) is 18.2 Å². The topological polar surface area (TPSA) is 83.5 Å². The number of anilines is 1. The fraction of sp³-hybridized carbons (Fsp3) is 0.200. The molecule has 0 fully saturated rings. The molecule has 1 aromatic heterocycles. The Balaban J connectivity index is 1.19. The fourth-order valence-electron chi connectivity index (χ4n) is 3.76. The predicted octanol–water partition coefficient (Wildman–Crippen LogP) is 4.71. The number of nitrogens with one attached hydrogen (secondary N) is 2. The van der Waals surface area contributed by atoms with Crippen LogP contribution in [0.3, 0.4) is 0 Å². The van der Waals surface area contributed by atoms with Crippen LogP contribution in [0.2, 0.25) is 0 Å². The van der Waals surface area contributed by atoms with Gasteiger partial charge in [-0.2, -0.15) is 0 Å². The van der Waals surface area contributed by atoms with Crippen LogP contribution in [0.1, 0.15) is 28.5 Å². The maximum Gasteiger partial charge on any atom is 0.230 e. The normalized spacial score (nSPS) is 11.6. The quantitative estimate of drug-likeness (QED) is 0.255. The molecule has 6 nitrogen and oxygen atoms in total. The fourth-order valence-corrected chi connectivity index (χ4v) is 3.76. The van der Waals surface area contributed by atoms with E-state index in [1.807, 2.05) is 97.1 Å². The summed E-state index contributed by atoms with van der Waals surface area (Å²) in [5.74, 6) is 0.366. The summed E-state index contributed by atoms with van der Waals surface area (Å²) in [4.78, 5) is 17.0. The Labute approximate surface area is 212 Å². The number of aliphatic hydroxyl groups excluding tert-OH is 1. The Morgan fingerprint density at radius 2 is 1.56 bits per heavy atom. The summed E-state index contributed by atoms with van der Waals surface area (Å²) >= 11 is 0. The van der Waals surface area contributed by atoms with Crippen molar-refractivity contribution >= 4 is 11.6 Å². The van der Waals surface area contributed by atoms with Gasteiger partial charge in [-0.15, -0.1) is 0 Å². The second-order valence-electron chi connectivity index (χ2n) is 8.54. The molecule has 4 rings (SSSR count). The van der Waals surface area contributed by atoms with E-state index >= 15 is 0 Å². The number of aliphatic hydroxyl groups is 1. The van der Waals surface area contributed by atoms with Crippen LogP contribution in [-0.2, 0) is 24.2 Å². The molecule has 1 amide bonds. The number of ether oxygens (including phenoxy) is 1. The van der Waals surface area contributed by atoms with Gasteiger partial charge in [0, 0.05) is 18.3 Å². The number of hydrogen-bond donors (Lipinski definition) is 3. The third-order valence-electron chi connectivity index (χ3n) is 5.70. The molecule has 0 spiro atoms. The molecule has 0 aliphatic heterocycles. The first-order valence-corrected chi connectivity index (χ1v) is 12.1. The van der Waals surface area contributed by atoms with Gasteiger partial charge in [-0.25, -0.2) is 4.98 Å². The number of carbonyl (C=O) groups is 1. The molecule has 36 heavy (non-hydrogen) atoms. The SMILES string of the molecule is O=C(Cc1cccc(OCc2ccccc2)n1)Nc1ccc(CCNCC(O)c2ccccc2)cc1. The number of aromatic nitrogens is 1. The van der Waals surface area contributed by atoms with E-state index in [0.717, 1.165) is 35.3 Å². The monoisotopic (exact) mass is 481 g/mol. The van der Waals surface area contributed by atoms with Crippen LogP contribution in [0.5, 0.6) is 5.88 Å². The van der Waals surface area contributed by atoms with Crippen LogP contribution >= 0.6 is 0 Å². The molecular formula is C30H31N3O3. The zero-order valence-electron chi connectivity index (χ0n) is 20.1. The van der Waals surface area contributed by atoms with Crippen molar-refractivity contribution in [2.45, 2.75) is 25.6 Å². The van der Waals surface area contributed by atoms with Crippen LogP contribution in [-0.4, -0.2) is 29.1 Å². The average molecular weight is 482 g/mol. The van der Waals surface area contributed by atoms with Crippen molar-refractivity contribution < 1.29 is 14.6 Å². The molecule has 0 bridgehead atoms. The van der Waals surface area contributed by atoms with Gasteiger partial charge in [0.1, 0.15) is 6.61 Å². The van der Waals surface area contributed by atoms with Gasteiger partial charge < -0.3 is 20.5 Å². The Hall–Kier alpha value is -4.00. The van der Waals surface area contributed by atoms with Crippen molar-refractivity contribution in [3.8, 4) is 5.88 Å². The molecule has 1 unspecified atom stereocenters. The van der Waals surface area contributed by atoms with E-state index < -0.39 is 6.10 Å². The highest BCUT2D eigenvalue weighted by molar-refractivity contribution is 5.92. The highest BCUT2D eigenvalue weighted by Gasteiger charge is 2.08. The summed E-state index contributed by atoms with van der Waals surface area (Å²) in [5, 5.41) is 16.4. The van der Waals surface area contributed by atoms with Crippen LogP contribution in [0, 0.1) is 0 Å². The first-order chi connectivity index (χ1) is 17.7. The number of hydrogen-bond acceptors (Lipinski definition) is 5. The smallest absolute Gasteiger partial charge is 0.230 e. The first kappa shape index (κ1) is 25.1. The van der Waals surface area contributed by atoms with E-state index in [1.165, 1.54) is 0 Å². The largest absolute Gasteiger partial charge is 0.473 e. The van der Waals surface area contributed by atoms with Gasteiger partial charge in [0.15, 0.2) is 0 Å². The molecule has 1 atom stereocenters. The van der Waals surface area contributed by atoms with E-state index in [1.54, 1.807) is 6.07 Å². The van der Waals surface area contributed by atoms with Crippen molar-refractivity contribution in [3.05, 3.63) is 126 Å². The van der Waals surface area contributed by atoms with Crippen molar-refractivity contribution in [3.63, 3.8) is 0 Å². The van der Waals surface area contributed by atoms with Crippen LogP contribution in [0.15, 0.2) is 103 Å². The third-order valence-corrected chi connectivity index (χ3v) is 5.70. The molecule has 6 heteroatoms. The standard InChI is InChI=1S/C30H31N3O3/c34-28(25-10-5-2-6-11-25)21-31-19-18-23-14-16-26(17-15-23)32-29(35)20-27-12-7-13-30(33-27)36-22-24-8-3-1-4-9-24/h1-17,28,31,34H,18-22H2,(H,32,35). The Morgan fingerprint density at radius 3 is 2.31 bits per heavy atom. The second kappa shape index (κ2) is 13.2. The third kappa shape index (κ3) is 8.05. The van der Waals surface area contributed by atoms with E-state index in [2.05, 4.69) is 15.6 Å². The summed E-state index contributed by atoms with van der Waals surface area (Å²) in [7, 11) is 0. The molecule has 0 aliphatic carbocycles. The number of carbonyl (C=O) groups excluding carboxylic acids is 1. The molecular weight excluding hydrogens is 450 g/mol. The lowest BCUT2D eigenvalue weighted by molar-refractivity contribution is -0.115. The Morgan fingerprint density at radius 1 is 0.833 bits per heavy atom. The lowest BCUT2D eigenvalue weighted by atomic mass is 10.1. The van der Waals surface area contributed by atoms with Gasteiger partial charge >= 0.3 is 0 Å². The van der Waals surface area contributed by atoms with Gasteiger partial charge in [0.2, 0.25) is 11.8 Å². The molecule has 184 valence electrons. The summed E-state index contributed by atoms with van der Waals surface area (Å²) in [6.45, 7) is 1.69. The molecule has 3 N–H and O–H groups in total. The number of pyridine rings is 1. The molecule has 4 aromatic rings. The summed E-state index contributed by atoms with van der Waals surface area (Å²) in [6.07, 6.45) is 0.474. The average Bonchev–Trinajstić information content (AvgIpc) is 2.92. The maximum absolute atomic E-state index is 12.5. The van der Waals surface area contributed by atoms with Gasteiger partial charge in [-0.05, 0) is 47.9 Å². The lowest BCUT2D eigenvalue weighted by Gasteiger charge is -2.12. The van der Waals surface area contributed by atoms with E-state index in [0.29, 0.717) is 24.7 Å². The lowest BCUT2D eigenvalue weighted by Crippen LogP contribution is -2.23. The Kier molecular flexibility index (Phi) is 9.19. The highest BCUT2D eigenvalue weighted by Crippen LogP contribution is 2.14. The maximum atomic E-state index is 12.5. The van der Waals surface area contributed by atoms with E-state index in [-0.39, 0.29) is 12.3 Å². The molecule has 1 heterocycles. The zero-order chi connectivity index (χ0) is 25.0. The predicted molar refractivity (Wildman–Crippen MR) is 142 cm³/mol. The first-order valence-electron chi connectivity index (χ1n) is 12.1. The molecule has 0 aliphatic rings. The van der Waals surface area contributed by atoms with Crippen LogP contribution in [0.4, 0.5) is 5.69 Å². The summed E-state index contributed by atoms with van der Waals surface area (Å²) < 4.78 is 5.76. The van der Waals surface area contributed by atoms with Crippen LogP contribution < -0.4 is 15.4 Å². The van der Waals surface area contributed by atoms with Crippen molar-refractivity contribution in [1.82, 2.24) is 10.3 Å². The van der Waals surface area contributed by atoms with Crippen LogP contribution in [0.25, 0.3) is 0 Å². The highest BCUT2D eigenvalue weighted by atomic mass is 16.5. The van der Waals surface area contributed by atoms with Gasteiger partial charge in [0.25, 0.3) is 0 Å². The number of nitrogens with zero attached hydrogens (tertiary/aromatic N) is 1. The Bertz CT molecular complexity index is 1220. The number of benzene rings is 3. The van der Waals surface area contributed by atoms with Crippen molar-refractivity contribution in [2.24, 2.45) is 0 Å². The number of amides is 1. The van der Waals surface area contributed by atoms with Gasteiger partial charge in [-0.1, -0.05) is 78.9 Å². The minimum atomic E-state index is -0.519.